The average Bonchev–Trinajstić information content (AvgIpc) is 2.49. The second-order valence-electron chi connectivity index (χ2n) is 5.51. The first kappa shape index (κ1) is 16.2. The minimum absolute atomic E-state index is 0.0699. The molecule has 1 heterocycles. The first-order valence-electron chi connectivity index (χ1n) is 7.37. The van der Waals surface area contributed by atoms with Crippen LogP contribution in [0, 0.1) is 10.1 Å². The van der Waals surface area contributed by atoms with Crippen LogP contribution in [0.1, 0.15) is 26.2 Å². The van der Waals surface area contributed by atoms with Crippen LogP contribution in [0.3, 0.4) is 0 Å². The van der Waals surface area contributed by atoms with Crippen LogP contribution in [0.15, 0.2) is 18.2 Å². The van der Waals surface area contributed by atoms with Crippen molar-refractivity contribution in [3.8, 4) is 5.75 Å². The fraction of sp³-hybridized carbons (Fsp3) is 0.533. The largest absolute Gasteiger partial charge is 0.494 e. The highest BCUT2D eigenvalue weighted by atomic mass is 16.6. The highest BCUT2D eigenvalue weighted by Crippen LogP contribution is 2.29. The zero-order valence-electron chi connectivity index (χ0n) is 12.9. The lowest BCUT2D eigenvalue weighted by Crippen LogP contribution is -2.42. The molecule has 0 saturated carbocycles. The minimum Gasteiger partial charge on any atom is -0.494 e. The summed E-state index contributed by atoms with van der Waals surface area (Å²) in [5, 5.41) is 13.5. The van der Waals surface area contributed by atoms with Crippen LogP contribution >= 0.6 is 0 Å². The van der Waals surface area contributed by atoms with E-state index in [0.29, 0.717) is 18.3 Å². The zero-order chi connectivity index (χ0) is 16.1. The standard InChI is InChI=1S/C15H21N3O4/c1-11-5-3-4-8-17(11)10-15(19)16-13-7-6-12(18(20)21)9-14(13)22-2/h6-7,9,11H,3-5,8,10H2,1-2H3,(H,16,19). The lowest BCUT2D eigenvalue weighted by molar-refractivity contribution is -0.384. The molecule has 0 radical (unpaired) electrons. The van der Waals surface area contributed by atoms with Gasteiger partial charge in [-0.15, -0.1) is 0 Å². The first-order chi connectivity index (χ1) is 10.5. The molecule has 2 rings (SSSR count). The Kier molecular flexibility index (Phi) is 5.32. The number of hydrogen-bond acceptors (Lipinski definition) is 5. The summed E-state index contributed by atoms with van der Waals surface area (Å²) >= 11 is 0. The van der Waals surface area contributed by atoms with Gasteiger partial charge in [-0.3, -0.25) is 19.8 Å². The van der Waals surface area contributed by atoms with E-state index in [2.05, 4.69) is 17.1 Å². The van der Waals surface area contributed by atoms with Crippen LogP contribution < -0.4 is 10.1 Å². The van der Waals surface area contributed by atoms with Crippen LogP contribution in [0.5, 0.6) is 5.75 Å². The van der Waals surface area contributed by atoms with Crippen LogP contribution in [-0.2, 0) is 4.79 Å². The summed E-state index contributed by atoms with van der Waals surface area (Å²) in [7, 11) is 1.42. The Balaban J connectivity index is 2.03. The molecule has 0 aliphatic carbocycles. The summed E-state index contributed by atoms with van der Waals surface area (Å²) in [5.41, 5.74) is 0.377. The van der Waals surface area contributed by atoms with Crippen molar-refractivity contribution >= 4 is 17.3 Å². The van der Waals surface area contributed by atoms with E-state index in [1.807, 2.05) is 0 Å². The van der Waals surface area contributed by atoms with Gasteiger partial charge in [0.1, 0.15) is 5.75 Å². The van der Waals surface area contributed by atoms with E-state index in [4.69, 9.17) is 4.74 Å². The number of carbonyl (C=O) groups is 1. The fourth-order valence-electron chi connectivity index (χ4n) is 2.66. The number of non-ortho nitro benzene ring substituents is 1. The van der Waals surface area contributed by atoms with Gasteiger partial charge in [-0.05, 0) is 32.4 Å². The van der Waals surface area contributed by atoms with Gasteiger partial charge in [-0.2, -0.15) is 0 Å². The van der Waals surface area contributed by atoms with Crippen LogP contribution in [0.4, 0.5) is 11.4 Å². The number of amides is 1. The maximum Gasteiger partial charge on any atom is 0.273 e. The number of ether oxygens (including phenoxy) is 1. The van der Waals surface area contributed by atoms with Crippen LogP contribution in [0.2, 0.25) is 0 Å². The zero-order valence-corrected chi connectivity index (χ0v) is 12.9. The Morgan fingerprint density at radius 2 is 2.27 bits per heavy atom. The minimum atomic E-state index is -0.496. The Hall–Kier alpha value is -2.15. The van der Waals surface area contributed by atoms with Crippen molar-refractivity contribution in [2.45, 2.75) is 32.2 Å². The van der Waals surface area contributed by atoms with E-state index in [1.54, 1.807) is 0 Å². The second-order valence-corrected chi connectivity index (χ2v) is 5.51. The molecule has 7 heteroatoms. The molecule has 1 aliphatic heterocycles. The van der Waals surface area contributed by atoms with Crippen molar-refractivity contribution in [3.05, 3.63) is 28.3 Å². The number of likely N-dealkylation sites (tertiary alicyclic amines) is 1. The molecule has 0 bridgehead atoms. The highest BCUT2D eigenvalue weighted by Gasteiger charge is 2.21. The van der Waals surface area contributed by atoms with E-state index in [0.717, 1.165) is 19.4 Å². The van der Waals surface area contributed by atoms with Crippen molar-refractivity contribution in [2.75, 3.05) is 25.5 Å². The van der Waals surface area contributed by atoms with Crippen molar-refractivity contribution < 1.29 is 14.5 Å². The number of nitro groups is 1. The van der Waals surface area contributed by atoms with Crippen molar-refractivity contribution in [1.29, 1.82) is 0 Å². The maximum absolute atomic E-state index is 12.2. The Labute approximate surface area is 129 Å². The molecule has 1 aliphatic rings. The van der Waals surface area contributed by atoms with Crippen LogP contribution in [-0.4, -0.2) is 42.0 Å². The fourth-order valence-corrected chi connectivity index (χ4v) is 2.66. The molecular formula is C15H21N3O4. The molecule has 1 unspecified atom stereocenters. The number of rotatable bonds is 5. The summed E-state index contributed by atoms with van der Waals surface area (Å²) in [6.07, 6.45) is 3.42. The number of piperidine rings is 1. The predicted octanol–water partition coefficient (Wildman–Crippen LogP) is 2.42. The van der Waals surface area contributed by atoms with Gasteiger partial charge in [0.05, 0.1) is 30.3 Å². The van der Waals surface area contributed by atoms with Gasteiger partial charge >= 0.3 is 0 Å². The molecule has 0 spiro atoms. The highest BCUT2D eigenvalue weighted by molar-refractivity contribution is 5.94. The molecule has 1 fully saturated rings. The lowest BCUT2D eigenvalue weighted by atomic mass is 10.0. The number of benzene rings is 1. The molecule has 1 aromatic carbocycles. The Morgan fingerprint density at radius 3 is 2.91 bits per heavy atom. The molecule has 7 nitrogen and oxygen atoms in total. The number of methoxy groups -OCH3 is 1. The molecular weight excluding hydrogens is 286 g/mol. The summed E-state index contributed by atoms with van der Waals surface area (Å²) < 4.78 is 5.12. The van der Waals surface area contributed by atoms with Crippen LogP contribution in [0.25, 0.3) is 0 Å². The van der Waals surface area contributed by atoms with Gasteiger partial charge in [0.25, 0.3) is 5.69 Å². The number of nitro benzene ring substituents is 1. The molecule has 1 N–H and O–H groups in total. The van der Waals surface area contributed by atoms with E-state index >= 15 is 0 Å². The van der Waals surface area contributed by atoms with Gasteiger partial charge in [-0.25, -0.2) is 0 Å². The van der Waals surface area contributed by atoms with Gasteiger partial charge in [0.2, 0.25) is 5.91 Å². The summed E-state index contributed by atoms with van der Waals surface area (Å²) in [6.45, 7) is 3.37. The number of hydrogen-bond donors (Lipinski definition) is 1. The van der Waals surface area contributed by atoms with Crippen molar-refractivity contribution in [3.63, 3.8) is 0 Å². The topological polar surface area (TPSA) is 84.7 Å². The molecule has 22 heavy (non-hydrogen) atoms. The quantitative estimate of drug-likeness (QED) is 0.667. The summed E-state index contributed by atoms with van der Waals surface area (Å²) in [4.78, 5) is 24.6. The molecule has 120 valence electrons. The van der Waals surface area contributed by atoms with E-state index in [-0.39, 0.29) is 17.3 Å². The van der Waals surface area contributed by atoms with E-state index in [9.17, 15) is 14.9 Å². The van der Waals surface area contributed by atoms with E-state index < -0.39 is 4.92 Å². The number of nitrogens with zero attached hydrogens (tertiary/aromatic N) is 2. The van der Waals surface area contributed by atoms with Gasteiger partial charge in [0.15, 0.2) is 0 Å². The number of anilines is 1. The summed E-state index contributed by atoms with van der Waals surface area (Å²) in [5.74, 6) is 0.148. The third-order valence-electron chi connectivity index (χ3n) is 3.96. The third kappa shape index (κ3) is 3.94. The Bertz CT molecular complexity index is 562. The average molecular weight is 307 g/mol. The SMILES string of the molecule is COc1cc([N+](=O)[O-])ccc1NC(=O)CN1CCCCC1C. The predicted molar refractivity (Wildman–Crippen MR) is 83.2 cm³/mol. The van der Waals surface area contributed by atoms with Gasteiger partial charge in [-0.1, -0.05) is 6.42 Å². The van der Waals surface area contributed by atoms with Crippen molar-refractivity contribution in [2.24, 2.45) is 0 Å². The van der Waals surface area contributed by atoms with Crippen molar-refractivity contribution in [1.82, 2.24) is 4.90 Å². The molecule has 1 amide bonds. The molecule has 1 saturated heterocycles. The maximum atomic E-state index is 12.2. The molecule has 1 atom stereocenters. The second kappa shape index (κ2) is 7.22. The molecule has 1 aromatic rings. The normalized spacial score (nSPS) is 18.7. The van der Waals surface area contributed by atoms with Gasteiger partial charge < -0.3 is 10.1 Å². The summed E-state index contributed by atoms with van der Waals surface area (Å²) in [6, 6.07) is 4.55. The van der Waals surface area contributed by atoms with Gasteiger partial charge in [0, 0.05) is 12.1 Å². The lowest BCUT2D eigenvalue weighted by Gasteiger charge is -2.32. The number of nitrogens with one attached hydrogen (secondary N) is 1. The Morgan fingerprint density at radius 1 is 1.50 bits per heavy atom. The molecule has 0 aromatic heterocycles. The monoisotopic (exact) mass is 307 g/mol. The smallest absolute Gasteiger partial charge is 0.273 e. The van der Waals surface area contributed by atoms with E-state index in [1.165, 1.54) is 31.7 Å². The number of carbonyl (C=O) groups excluding carboxylic acids is 1. The first-order valence-corrected chi connectivity index (χ1v) is 7.37. The third-order valence-corrected chi connectivity index (χ3v) is 3.96.